The molecular formula is C48H30O. The average molecular weight is 623 g/mol. The van der Waals surface area contributed by atoms with E-state index in [-0.39, 0.29) is 0 Å². The smallest absolute Gasteiger partial charge is 0.136 e. The average Bonchev–Trinajstić information content (AvgIpc) is 3.55. The number of furan rings is 1. The second kappa shape index (κ2) is 11.1. The molecule has 1 nitrogen and oxygen atoms in total. The van der Waals surface area contributed by atoms with E-state index in [4.69, 9.17) is 4.42 Å². The fourth-order valence-electron chi connectivity index (χ4n) is 7.89. The van der Waals surface area contributed by atoms with Gasteiger partial charge in [0, 0.05) is 10.8 Å². The van der Waals surface area contributed by atoms with E-state index in [0.29, 0.717) is 0 Å². The first kappa shape index (κ1) is 27.7. The van der Waals surface area contributed by atoms with Crippen LogP contribution in [0.25, 0.3) is 98.8 Å². The SMILES string of the molecule is c1cc(-c2ccc3c(c2)oc2ccccc23)cc(-c2c3ccccc3c(-c3ccccc3-c3cccc4ccccc34)c3ccccc23)c1. The third-order valence-electron chi connectivity index (χ3n) is 10.1. The highest BCUT2D eigenvalue weighted by atomic mass is 16.3. The van der Waals surface area contributed by atoms with Crippen molar-refractivity contribution in [3.05, 3.63) is 182 Å². The van der Waals surface area contributed by atoms with E-state index in [1.54, 1.807) is 0 Å². The summed E-state index contributed by atoms with van der Waals surface area (Å²) in [6.07, 6.45) is 0. The van der Waals surface area contributed by atoms with Crippen molar-refractivity contribution in [1.29, 1.82) is 0 Å². The maximum absolute atomic E-state index is 6.27. The molecule has 0 radical (unpaired) electrons. The Morgan fingerprint density at radius 2 is 0.776 bits per heavy atom. The standard InChI is InChI=1S/C48H30O/c1-2-17-35-31(13-1)14-12-25-36(35)37-18-3-4-20-40(37)48-43-23-7-5-21-41(43)47(42-22-6-8-24-44(42)48)34-16-11-15-32(29-34)33-27-28-39-38-19-9-10-26-45(38)49-46(39)30-33/h1-30H. The molecule has 9 aromatic carbocycles. The van der Waals surface area contributed by atoms with Gasteiger partial charge < -0.3 is 4.42 Å². The first-order valence-electron chi connectivity index (χ1n) is 16.8. The van der Waals surface area contributed by atoms with Gasteiger partial charge in [0.25, 0.3) is 0 Å². The van der Waals surface area contributed by atoms with Gasteiger partial charge in [-0.2, -0.15) is 0 Å². The summed E-state index contributed by atoms with van der Waals surface area (Å²) in [6.45, 7) is 0. The molecule has 0 atom stereocenters. The largest absolute Gasteiger partial charge is 0.456 e. The summed E-state index contributed by atoms with van der Waals surface area (Å²) in [5.41, 5.74) is 11.6. The monoisotopic (exact) mass is 622 g/mol. The lowest BCUT2D eigenvalue weighted by Crippen LogP contribution is -1.93. The summed E-state index contributed by atoms with van der Waals surface area (Å²) < 4.78 is 6.27. The molecule has 0 saturated carbocycles. The Bertz CT molecular complexity index is 2830. The van der Waals surface area contributed by atoms with E-state index in [1.165, 1.54) is 71.3 Å². The molecule has 0 amide bonds. The Labute approximate surface area is 284 Å². The van der Waals surface area contributed by atoms with Crippen molar-refractivity contribution in [2.45, 2.75) is 0 Å². The highest BCUT2D eigenvalue weighted by molar-refractivity contribution is 6.23. The van der Waals surface area contributed by atoms with Crippen LogP contribution in [0.4, 0.5) is 0 Å². The number of hydrogen-bond acceptors (Lipinski definition) is 1. The van der Waals surface area contributed by atoms with Crippen LogP contribution in [0.3, 0.4) is 0 Å². The summed E-state index contributed by atoms with van der Waals surface area (Å²) in [5.74, 6) is 0. The third-order valence-corrected chi connectivity index (χ3v) is 10.1. The molecule has 1 heteroatoms. The minimum Gasteiger partial charge on any atom is -0.456 e. The number of hydrogen-bond donors (Lipinski definition) is 0. The van der Waals surface area contributed by atoms with Gasteiger partial charge in [-0.3, -0.25) is 0 Å². The number of fused-ring (bicyclic) bond motifs is 6. The van der Waals surface area contributed by atoms with Crippen LogP contribution in [-0.4, -0.2) is 0 Å². The van der Waals surface area contributed by atoms with Gasteiger partial charge in [0.15, 0.2) is 0 Å². The van der Waals surface area contributed by atoms with Crippen LogP contribution in [0.15, 0.2) is 186 Å². The van der Waals surface area contributed by atoms with Crippen LogP contribution in [0, 0.1) is 0 Å². The van der Waals surface area contributed by atoms with Crippen molar-refractivity contribution in [2.24, 2.45) is 0 Å². The van der Waals surface area contributed by atoms with Crippen LogP contribution in [0.2, 0.25) is 0 Å². The van der Waals surface area contributed by atoms with Gasteiger partial charge in [-0.25, -0.2) is 0 Å². The van der Waals surface area contributed by atoms with E-state index in [1.807, 2.05) is 12.1 Å². The molecule has 0 saturated heterocycles. The van der Waals surface area contributed by atoms with Crippen LogP contribution >= 0.6 is 0 Å². The van der Waals surface area contributed by atoms with Gasteiger partial charge in [-0.1, -0.05) is 158 Å². The molecule has 49 heavy (non-hydrogen) atoms. The first-order chi connectivity index (χ1) is 24.3. The lowest BCUT2D eigenvalue weighted by atomic mass is 9.83. The molecule has 0 fully saturated rings. The Hall–Kier alpha value is -6.44. The molecule has 0 N–H and O–H groups in total. The fourth-order valence-corrected chi connectivity index (χ4v) is 7.89. The first-order valence-corrected chi connectivity index (χ1v) is 16.8. The highest BCUT2D eigenvalue weighted by Gasteiger charge is 2.20. The maximum Gasteiger partial charge on any atom is 0.136 e. The molecule has 0 bridgehead atoms. The number of rotatable bonds is 4. The van der Waals surface area contributed by atoms with Crippen molar-refractivity contribution in [3.63, 3.8) is 0 Å². The van der Waals surface area contributed by atoms with Crippen LogP contribution in [0.5, 0.6) is 0 Å². The molecule has 0 aliphatic rings. The van der Waals surface area contributed by atoms with Gasteiger partial charge in [0.05, 0.1) is 0 Å². The maximum atomic E-state index is 6.27. The Morgan fingerprint density at radius 1 is 0.265 bits per heavy atom. The van der Waals surface area contributed by atoms with E-state index in [9.17, 15) is 0 Å². The zero-order valence-corrected chi connectivity index (χ0v) is 26.7. The van der Waals surface area contributed by atoms with Crippen LogP contribution < -0.4 is 0 Å². The molecule has 0 unspecified atom stereocenters. The molecule has 1 heterocycles. The molecule has 0 spiro atoms. The summed E-state index contributed by atoms with van der Waals surface area (Å²) in [5, 5.41) is 9.79. The quantitative estimate of drug-likeness (QED) is 0.178. The Morgan fingerprint density at radius 3 is 1.55 bits per heavy atom. The predicted octanol–water partition coefficient (Wildman–Crippen LogP) is 13.7. The van der Waals surface area contributed by atoms with E-state index < -0.39 is 0 Å². The molecular weight excluding hydrogens is 593 g/mol. The van der Waals surface area contributed by atoms with Crippen molar-refractivity contribution in [2.75, 3.05) is 0 Å². The number of para-hydroxylation sites is 1. The summed E-state index contributed by atoms with van der Waals surface area (Å²) >= 11 is 0. The van der Waals surface area contributed by atoms with Gasteiger partial charge in [0.2, 0.25) is 0 Å². The minimum atomic E-state index is 0.911. The van der Waals surface area contributed by atoms with E-state index >= 15 is 0 Å². The second-order valence-corrected chi connectivity index (χ2v) is 12.8. The highest BCUT2D eigenvalue weighted by Crippen LogP contribution is 2.47. The van der Waals surface area contributed by atoms with Gasteiger partial charge in [-0.05, 0) is 101 Å². The molecule has 10 rings (SSSR count). The lowest BCUT2D eigenvalue weighted by Gasteiger charge is -2.20. The number of benzene rings is 9. The Balaban J connectivity index is 1.20. The van der Waals surface area contributed by atoms with E-state index in [2.05, 4.69) is 170 Å². The molecule has 0 aliphatic heterocycles. The topological polar surface area (TPSA) is 13.1 Å². The van der Waals surface area contributed by atoms with Crippen molar-refractivity contribution >= 4 is 54.3 Å². The predicted molar refractivity (Wildman–Crippen MR) is 208 cm³/mol. The Kier molecular flexibility index (Phi) is 6.25. The fraction of sp³-hybridized carbons (Fsp3) is 0. The normalized spacial score (nSPS) is 11.7. The summed E-state index contributed by atoms with van der Waals surface area (Å²) in [7, 11) is 0. The van der Waals surface area contributed by atoms with Crippen molar-refractivity contribution < 1.29 is 4.42 Å². The van der Waals surface area contributed by atoms with Gasteiger partial charge in [0.1, 0.15) is 11.2 Å². The van der Waals surface area contributed by atoms with Crippen molar-refractivity contribution in [3.8, 4) is 44.5 Å². The summed E-state index contributed by atoms with van der Waals surface area (Å²) in [6, 6.07) is 65.9. The molecule has 0 aliphatic carbocycles. The second-order valence-electron chi connectivity index (χ2n) is 12.8. The third kappa shape index (κ3) is 4.40. The molecule has 1 aromatic heterocycles. The summed E-state index contributed by atoms with van der Waals surface area (Å²) in [4.78, 5) is 0. The van der Waals surface area contributed by atoms with E-state index in [0.717, 1.165) is 27.5 Å². The molecule has 228 valence electrons. The minimum absolute atomic E-state index is 0.911. The zero-order chi connectivity index (χ0) is 32.3. The van der Waals surface area contributed by atoms with Crippen LogP contribution in [0.1, 0.15) is 0 Å². The lowest BCUT2D eigenvalue weighted by molar-refractivity contribution is 0.669. The van der Waals surface area contributed by atoms with Crippen molar-refractivity contribution in [1.82, 2.24) is 0 Å². The van der Waals surface area contributed by atoms with Gasteiger partial charge >= 0.3 is 0 Å². The van der Waals surface area contributed by atoms with Gasteiger partial charge in [-0.15, -0.1) is 0 Å². The zero-order valence-electron chi connectivity index (χ0n) is 26.7. The molecule has 10 aromatic rings. The van der Waals surface area contributed by atoms with Crippen LogP contribution in [-0.2, 0) is 0 Å².